The van der Waals surface area contributed by atoms with Crippen LogP contribution in [0.4, 0.5) is 0 Å². The van der Waals surface area contributed by atoms with E-state index in [4.69, 9.17) is 10.8 Å². The molecule has 9 nitrogen and oxygen atoms in total. The maximum Gasteiger partial charge on any atom is 0.304 e. The van der Waals surface area contributed by atoms with Crippen molar-refractivity contribution in [3.63, 3.8) is 0 Å². The van der Waals surface area contributed by atoms with Crippen LogP contribution in [0.2, 0.25) is 0 Å². The fourth-order valence-electron chi connectivity index (χ4n) is 2.40. The fraction of sp³-hybridized carbons (Fsp3) is 0.500. The quantitative estimate of drug-likeness (QED) is 0.632. The molecule has 0 bridgehead atoms. The highest BCUT2D eigenvalue weighted by Crippen LogP contribution is 2.37. The van der Waals surface area contributed by atoms with Crippen molar-refractivity contribution in [2.24, 2.45) is 5.73 Å². The Bertz CT molecular complexity index is 764. The molecule has 2 aromatic heterocycles. The molecule has 1 aliphatic rings. The normalized spacial score (nSPS) is 15.5. The second kappa shape index (κ2) is 6.29. The van der Waals surface area contributed by atoms with E-state index in [-0.39, 0.29) is 12.0 Å². The third kappa shape index (κ3) is 4.22. The number of aromatic amines is 1. The van der Waals surface area contributed by atoms with E-state index < -0.39 is 12.0 Å². The van der Waals surface area contributed by atoms with E-state index in [1.807, 2.05) is 0 Å². The minimum Gasteiger partial charge on any atom is -0.481 e. The summed E-state index contributed by atoms with van der Waals surface area (Å²) in [5.74, 6) is 0.157. The van der Waals surface area contributed by atoms with Crippen LogP contribution in [0.1, 0.15) is 42.4 Å². The first-order valence-corrected chi connectivity index (χ1v) is 7.46. The number of carboxylic acids is 1. The number of nitrogens with one attached hydrogen (secondary N) is 1. The van der Waals surface area contributed by atoms with E-state index in [2.05, 4.69) is 20.3 Å². The van der Waals surface area contributed by atoms with Gasteiger partial charge in [0.25, 0.3) is 5.56 Å². The lowest BCUT2D eigenvalue weighted by Gasteiger charge is -2.05. The summed E-state index contributed by atoms with van der Waals surface area (Å²) in [7, 11) is 0. The van der Waals surface area contributed by atoms with E-state index in [1.165, 1.54) is 6.07 Å². The first-order valence-electron chi connectivity index (χ1n) is 7.46. The van der Waals surface area contributed by atoms with E-state index >= 15 is 0 Å². The number of hydrogen-bond donors (Lipinski definition) is 3. The van der Waals surface area contributed by atoms with Crippen LogP contribution in [0.3, 0.4) is 0 Å². The molecular formula is C14H18N6O3. The molecule has 122 valence electrons. The zero-order valence-electron chi connectivity index (χ0n) is 12.5. The first-order chi connectivity index (χ1) is 11.0. The average molecular weight is 318 g/mol. The number of aliphatic carboxylic acids is 1. The molecule has 0 aliphatic heterocycles. The van der Waals surface area contributed by atoms with Crippen molar-refractivity contribution in [3.05, 3.63) is 39.8 Å². The van der Waals surface area contributed by atoms with Gasteiger partial charge in [-0.3, -0.25) is 9.59 Å². The smallest absolute Gasteiger partial charge is 0.304 e. The number of hydrogen-bond acceptors (Lipinski definition) is 6. The summed E-state index contributed by atoms with van der Waals surface area (Å²) >= 11 is 0. The van der Waals surface area contributed by atoms with Crippen LogP contribution in [-0.4, -0.2) is 42.1 Å². The number of H-pyrrole nitrogens is 1. The Labute approximate surface area is 131 Å². The van der Waals surface area contributed by atoms with E-state index in [0.717, 1.165) is 18.7 Å². The highest BCUT2D eigenvalue weighted by atomic mass is 16.4. The predicted octanol–water partition coefficient (Wildman–Crippen LogP) is -0.368. The summed E-state index contributed by atoms with van der Waals surface area (Å²) in [4.78, 5) is 29.5. The lowest BCUT2D eigenvalue weighted by molar-refractivity contribution is -0.137. The largest absolute Gasteiger partial charge is 0.481 e. The summed E-state index contributed by atoms with van der Waals surface area (Å²) < 4.78 is 1.57. The maximum atomic E-state index is 11.7. The average Bonchev–Trinajstić information content (AvgIpc) is 3.20. The Morgan fingerprint density at radius 2 is 2.26 bits per heavy atom. The molecule has 1 unspecified atom stereocenters. The zero-order valence-corrected chi connectivity index (χ0v) is 12.5. The van der Waals surface area contributed by atoms with Gasteiger partial charge in [-0.2, -0.15) is 0 Å². The molecule has 0 spiro atoms. The van der Waals surface area contributed by atoms with Crippen LogP contribution in [0.5, 0.6) is 0 Å². The monoisotopic (exact) mass is 318 g/mol. The molecule has 1 fully saturated rings. The van der Waals surface area contributed by atoms with Crippen LogP contribution in [-0.2, 0) is 17.8 Å². The summed E-state index contributed by atoms with van der Waals surface area (Å²) in [6, 6.07) is 0.945. The molecule has 1 atom stereocenters. The van der Waals surface area contributed by atoms with Gasteiger partial charge in [-0.1, -0.05) is 5.21 Å². The van der Waals surface area contributed by atoms with Crippen LogP contribution in [0.15, 0.2) is 17.1 Å². The van der Waals surface area contributed by atoms with Gasteiger partial charge in [-0.15, -0.1) is 5.10 Å². The molecule has 4 N–H and O–H groups in total. The molecule has 0 amide bonds. The van der Waals surface area contributed by atoms with Gasteiger partial charge in [0.05, 0.1) is 24.4 Å². The molecule has 0 saturated heterocycles. The van der Waals surface area contributed by atoms with Gasteiger partial charge in [-0.05, 0) is 12.8 Å². The first kappa shape index (κ1) is 15.3. The predicted molar refractivity (Wildman–Crippen MR) is 79.9 cm³/mol. The Hall–Kier alpha value is -2.55. The lowest BCUT2D eigenvalue weighted by Crippen LogP contribution is -2.26. The van der Waals surface area contributed by atoms with Gasteiger partial charge in [0.1, 0.15) is 5.82 Å². The Morgan fingerprint density at radius 1 is 1.48 bits per heavy atom. The molecule has 0 radical (unpaired) electrons. The second-order valence-electron chi connectivity index (χ2n) is 5.87. The lowest BCUT2D eigenvalue weighted by atomic mass is 10.1. The molecular weight excluding hydrogens is 300 g/mol. The van der Waals surface area contributed by atoms with Gasteiger partial charge in [0.2, 0.25) is 0 Å². The van der Waals surface area contributed by atoms with Crippen molar-refractivity contribution in [2.45, 2.75) is 44.2 Å². The van der Waals surface area contributed by atoms with E-state index in [1.54, 1.807) is 10.9 Å². The minimum atomic E-state index is -0.940. The van der Waals surface area contributed by atoms with Crippen molar-refractivity contribution in [3.8, 4) is 0 Å². The number of rotatable bonds is 7. The molecule has 1 saturated carbocycles. The molecule has 23 heavy (non-hydrogen) atoms. The van der Waals surface area contributed by atoms with Crippen molar-refractivity contribution < 1.29 is 9.90 Å². The van der Waals surface area contributed by atoms with Gasteiger partial charge in [0.15, 0.2) is 0 Å². The van der Waals surface area contributed by atoms with Crippen molar-refractivity contribution >= 4 is 5.97 Å². The molecule has 9 heteroatoms. The standard InChI is InChI=1S/C14H18N6O3/c15-9(4-13(22)23)3-11-7-20(19-18-11)6-10-5-12(21)17-14(16-10)8-1-2-8/h5,7-9H,1-4,6,15H2,(H,22,23)(H,16,17,21). The topological polar surface area (TPSA) is 140 Å². The van der Waals surface area contributed by atoms with Gasteiger partial charge in [-0.25, -0.2) is 9.67 Å². The van der Waals surface area contributed by atoms with Crippen LogP contribution in [0, 0.1) is 0 Å². The fourth-order valence-corrected chi connectivity index (χ4v) is 2.40. The Morgan fingerprint density at radius 3 is 2.96 bits per heavy atom. The summed E-state index contributed by atoms with van der Waals surface area (Å²) in [6.45, 7) is 0.338. The molecule has 3 rings (SSSR count). The maximum absolute atomic E-state index is 11.7. The third-order valence-electron chi connectivity index (χ3n) is 3.60. The number of carboxylic acid groups (broad SMARTS) is 1. The number of nitrogens with zero attached hydrogens (tertiary/aromatic N) is 4. The summed E-state index contributed by atoms with van der Waals surface area (Å²) in [5.41, 5.74) is 6.81. The molecule has 2 heterocycles. The van der Waals surface area contributed by atoms with Crippen molar-refractivity contribution in [1.82, 2.24) is 25.0 Å². The van der Waals surface area contributed by atoms with Gasteiger partial charge >= 0.3 is 5.97 Å². The van der Waals surface area contributed by atoms with Crippen molar-refractivity contribution in [2.75, 3.05) is 0 Å². The van der Waals surface area contributed by atoms with Crippen LogP contribution >= 0.6 is 0 Å². The third-order valence-corrected chi connectivity index (χ3v) is 3.60. The molecule has 0 aromatic carbocycles. The summed E-state index contributed by atoms with van der Waals surface area (Å²) in [6.07, 6.45) is 4.03. The molecule has 1 aliphatic carbocycles. The van der Waals surface area contributed by atoms with E-state index in [0.29, 0.717) is 30.3 Å². The molecule has 2 aromatic rings. The Kier molecular flexibility index (Phi) is 4.20. The highest BCUT2D eigenvalue weighted by Gasteiger charge is 2.26. The minimum absolute atomic E-state index is 0.118. The number of nitrogens with two attached hydrogens (primary N) is 1. The van der Waals surface area contributed by atoms with Gasteiger partial charge in [0, 0.05) is 30.6 Å². The zero-order chi connectivity index (χ0) is 16.4. The van der Waals surface area contributed by atoms with Crippen molar-refractivity contribution in [1.29, 1.82) is 0 Å². The van der Waals surface area contributed by atoms with Crippen LogP contribution in [0.25, 0.3) is 0 Å². The second-order valence-corrected chi connectivity index (χ2v) is 5.87. The SMILES string of the molecule is NC(CC(=O)O)Cc1cn(Cc2cc(=O)[nH]c(C3CC3)n2)nn1. The Balaban J connectivity index is 1.67. The highest BCUT2D eigenvalue weighted by molar-refractivity contribution is 5.67. The number of carbonyl (C=O) groups is 1. The van der Waals surface area contributed by atoms with E-state index in [9.17, 15) is 9.59 Å². The summed E-state index contributed by atoms with van der Waals surface area (Å²) in [5, 5.41) is 16.7. The number of aromatic nitrogens is 5. The van der Waals surface area contributed by atoms with Crippen LogP contribution < -0.4 is 11.3 Å². The van der Waals surface area contributed by atoms with Gasteiger partial charge < -0.3 is 15.8 Å².